The van der Waals surface area contributed by atoms with Gasteiger partial charge < -0.3 is 5.32 Å². The van der Waals surface area contributed by atoms with Crippen LogP contribution in [0.25, 0.3) is 0 Å². The molecule has 0 saturated heterocycles. The van der Waals surface area contributed by atoms with Crippen LogP contribution >= 0.6 is 34.5 Å². The van der Waals surface area contributed by atoms with Crippen LogP contribution in [0.2, 0.25) is 10.3 Å². The highest BCUT2D eigenvalue weighted by atomic mass is 35.5. The number of pyridine rings is 1. The molecule has 1 N–H and O–H groups in total. The van der Waals surface area contributed by atoms with Gasteiger partial charge in [-0.1, -0.05) is 23.2 Å². The predicted molar refractivity (Wildman–Crippen MR) is 68.4 cm³/mol. The molecule has 2 heterocycles. The van der Waals surface area contributed by atoms with Crippen molar-refractivity contribution in [3.8, 4) is 0 Å². The van der Waals surface area contributed by atoms with Crippen molar-refractivity contribution >= 4 is 40.2 Å². The molecule has 0 aliphatic carbocycles. The van der Waals surface area contributed by atoms with E-state index in [0.717, 1.165) is 16.3 Å². The van der Waals surface area contributed by atoms with Gasteiger partial charge in [0.15, 0.2) is 5.15 Å². The van der Waals surface area contributed by atoms with E-state index in [1.807, 2.05) is 12.3 Å². The Balaban J connectivity index is 2.15. The van der Waals surface area contributed by atoms with Crippen LogP contribution in [0.15, 0.2) is 17.6 Å². The second kappa shape index (κ2) is 4.99. The van der Waals surface area contributed by atoms with E-state index in [2.05, 4.69) is 15.3 Å². The zero-order valence-electron chi connectivity index (χ0n) is 8.50. The smallest absolute Gasteiger partial charge is 0.154 e. The fourth-order valence-corrected chi connectivity index (χ4v) is 2.47. The lowest BCUT2D eigenvalue weighted by Crippen LogP contribution is -2.02. The molecule has 0 aliphatic rings. The lowest BCUT2D eigenvalue weighted by Gasteiger charge is -2.09. The minimum Gasteiger partial charge on any atom is -0.376 e. The van der Waals surface area contributed by atoms with E-state index in [1.54, 1.807) is 23.6 Å². The van der Waals surface area contributed by atoms with Gasteiger partial charge in [-0.25, -0.2) is 9.97 Å². The van der Waals surface area contributed by atoms with E-state index in [1.165, 1.54) is 0 Å². The van der Waals surface area contributed by atoms with Gasteiger partial charge in [0, 0.05) is 11.6 Å². The van der Waals surface area contributed by atoms with Crippen LogP contribution in [0.5, 0.6) is 0 Å². The second-order valence-electron chi connectivity index (χ2n) is 3.21. The molecule has 0 saturated carbocycles. The van der Waals surface area contributed by atoms with Crippen LogP contribution in [0.3, 0.4) is 0 Å². The number of thiazole rings is 1. The van der Waals surface area contributed by atoms with Gasteiger partial charge in [0.1, 0.15) is 10.2 Å². The van der Waals surface area contributed by atoms with Crippen molar-refractivity contribution in [1.82, 2.24) is 9.97 Å². The molecule has 16 heavy (non-hydrogen) atoms. The molecule has 0 radical (unpaired) electrons. The summed E-state index contributed by atoms with van der Waals surface area (Å²) in [5.74, 6) is 0. The van der Waals surface area contributed by atoms with Gasteiger partial charge in [0.2, 0.25) is 0 Å². The summed E-state index contributed by atoms with van der Waals surface area (Å²) >= 11 is 13.4. The Morgan fingerprint density at radius 3 is 2.88 bits per heavy atom. The number of halogens is 2. The van der Waals surface area contributed by atoms with Crippen molar-refractivity contribution in [2.24, 2.45) is 0 Å². The third kappa shape index (κ3) is 2.64. The minimum absolute atomic E-state index is 0.390. The van der Waals surface area contributed by atoms with Gasteiger partial charge in [0.25, 0.3) is 0 Å². The predicted octanol–water partition coefficient (Wildman–Crippen LogP) is 3.77. The number of rotatable bonds is 3. The molecule has 2 aromatic rings. The summed E-state index contributed by atoms with van der Waals surface area (Å²) in [6, 6.07) is 1.78. The second-order valence-corrected chi connectivity index (χ2v) is 4.93. The van der Waals surface area contributed by atoms with Crippen LogP contribution in [-0.2, 0) is 6.54 Å². The van der Waals surface area contributed by atoms with Gasteiger partial charge in [-0.05, 0) is 18.6 Å². The van der Waals surface area contributed by atoms with E-state index < -0.39 is 0 Å². The molecule has 0 atom stereocenters. The highest BCUT2D eigenvalue weighted by Crippen LogP contribution is 2.26. The van der Waals surface area contributed by atoms with Gasteiger partial charge in [-0.3, -0.25) is 0 Å². The van der Waals surface area contributed by atoms with Crippen LogP contribution in [-0.4, -0.2) is 9.97 Å². The molecule has 2 aromatic heterocycles. The molecule has 0 bridgehead atoms. The van der Waals surface area contributed by atoms with Crippen molar-refractivity contribution < 1.29 is 0 Å². The fraction of sp³-hybridized carbons (Fsp3) is 0.200. The summed E-state index contributed by atoms with van der Waals surface area (Å²) in [5, 5.41) is 6.94. The Hall–Kier alpha value is -0.840. The average Bonchev–Trinajstić information content (AvgIpc) is 2.68. The lowest BCUT2D eigenvalue weighted by molar-refractivity contribution is 1.09. The molecule has 84 valence electrons. The maximum absolute atomic E-state index is 6.00. The van der Waals surface area contributed by atoms with Crippen molar-refractivity contribution in [3.63, 3.8) is 0 Å². The van der Waals surface area contributed by atoms with Gasteiger partial charge in [0.05, 0.1) is 12.2 Å². The number of aromatic nitrogens is 2. The number of anilines is 1. The highest BCUT2D eigenvalue weighted by Gasteiger charge is 2.07. The number of hydrogen-bond acceptors (Lipinski definition) is 4. The van der Waals surface area contributed by atoms with Gasteiger partial charge in [-0.2, -0.15) is 0 Å². The molecule has 6 heteroatoms. The molecular formula is C10H9Cl2N3S. The zero-order chi connectivity index (χ0) is 11.5. The minimum atomic E-state index is 0.390. The number of nitrogens with one attached hydrogen (secondary N) is 1. The fourth-order valence-electron chi connectivity index (χ4n) is 1.31. The van der Waals surface area contributed by atoms with Crippen LogP contribution in [0, 0.1) is 6.92 Å². The zero-order valence-corrected chi connectivity index (χ0v) is 10.8. The SMILES string of the molecule is Cc1cc(Cl)nc(Cl)c1NCc1nccs1. The molecule has 3 nitrogen and oxygen atoms in total. The highest BCUT2D eigenvalue weighted by molar-refractivity contribution is 7.09. The summed E-state index contributed by atoms with van der Waals surface area (Å²) < 4.78 is 0. The summed E-state index contributed by atoms with van der Waals surface area (Å²) in [6.07, 6.45) is 1.77. The van der Waals surface area contributed by atoms with Crippen LogP contribution in [0.4, 0.5) is 5.69 Å². The molecule has 0 unspecified atom stereocenters. The first-order valence-electron chi connectivity index (χ1n) is 4.61. The standard InChI is InChI=1S/C10H9Cl2N3S/c1-6-4-7(11)15-10(12)9(6)14-5-8-13-2-3-16-8/h2-4,14H,5H2,1H3. The Morgan fingerprint density at radius 1 is 1.44 bits per heavy atom. The number of aryl methyl sites for hydroxylation is 1. The number of nitrogens with zero attached hydrogens (tertiary/aromatic N) is 2. The van der Waals surface area contributed by atoms with Crippen molar-refractivity contribution in [2.45, 2.75) is 13.5 Å². The summed E-state index contributed by atoms with van der Waals surface area (Å²) in [7, 11) is 0. The van der Waals surface area contributed by atoms with Crippen molar-refractivity contribution in [1.29, 1.82) is 0 Å². The molecule has 0 amide bonds. The first-order valence-corrected chi connectivity index (χ1v) is 6.25. The Labute approximate surface area is 107 Å². The molecule has 0 aliphatic heterocycles. The van der Waals surface area contributed by atoms with Crippen LogP contribution in [0.1, 0.15) is 10.6 Å². The van der Waals surface area contributed by atoms with Gasteiger partial charge >= 0.3 is 0 Å². The Kier molecular flexibility index (Phi) is 3.63. The van der Waals surface area contributed by atoms with Crippen molar-refractivity contribution in [3.05, 3.63) is 38.5 Å². The monoisotopic (exact) mass is 273 g/mol. The lowest BCUT2D eigenvalue weighted by atomic mass is 10.2. The van der Waals surface area contributed by atoms with E-state index in [0.29, 0.717) is 16.9 Å². The number of hydrogen-bond donors (Lipinski definition) is 1. The van der Waals surface area contributed by atoms with Gasteiger partial charge in [-0.15, -0.1) is 11.3 Å². The van der Waals surface area contributed by atoms with Crippen LogP contribution < -0.4 is 5.32 Å². The first kappa shape index (κ1) is 11.6. The van der Waals surface area contributed by atoms with E-state index in [-0.39, 0.29) is 0 Å². The third-order valence-electron chi connectivity index (χ3n) is 2.04. The van der Waals surface area contributed by atoms with E-state index in [9.17, 15) is 0 Å². The molecule has 0 fully saturated rings. The normalized spacial score (nSPS) is 10.4. The largest absolute Gasteiger partial charge is 0.376 e. The topological polar surface area (TPSA) is 37.8 Å². The van der Waals surface area contributed by atoms with Crippen molar-refractivity contribution in [2.75, 3.05) is 5.32 Å². The average molecular weight is 274 g/mol. The first-order chi connectivity index (χ1) is 7.66. The Bertz CT molecular complexity index is 462. The molecular weight excluding hydrogens is 265 g/mol. The maximum Gasteiger partial charge on any atom is 0.154 e. The van der Waals surface area contributed by atoms with E-state index in [4.69, 9.17) is 23.2 Å². The maximum atomic E-state index is 6.00. The molecule has 0 spiro atoms. The van der Waals surface area contributed by atoms with E-state index >= 15 is 0 Å². The quantitative estimate of drug-likeness (QED) is 0.866. The summed E-state index contributed by atoms with van der Waals surface area (Å²) in [4.78, 5) is 8.16. The molecule has 2 rings (SSSR count). The summed E-state index contributed by atoms with van der Waals surface area (Å²) in [6.45, 7) is 2.57. The third-order valence-corrected chi connectivity index (χ3v) is 3.29. The summed E-state index contributed by atoms with van der Waals surface area (Å²) in [5.41, 5.74) is 1.78. The Morgan fingerprint density at radius 2 is 2.25 bits per heavy atom. The molecule has 0 aromatic carbocycles.